The predicted molar refractivity (Wildman–Crippen MR) is 79.2 cm³/mol. The first-order valence-electron chi connectivity index (χ1n) is 7.15. The molecule has 0 aromatic heterocycles. The molecule has 3 heteroatoms. The highest BCUT2D eigenvalue weighted by atomic mass is 15.4. The minimum atomic E-state index is -0.0660. The quantitative estimate of drug-likeness (QED) is 0.904. The molecule has 0 bridgehead atoms. The van der Waals surface area contributed by atoms with E-state index in [0.717, 1.165) is 19.0 Å². The summed E-state index contributed by atoms with van der Waals surface area (Å²) in [6, 6.07) is 6.78. The first-order chi connectivity index (χ1) is 8.99. The first-order valence-corrected chi connectivity index (χ1v) is 7.15. The van der Waals surface area contributed by atoms with Crippen molar-refractivity contribution in [3.05, 3.63) is 34.9 Å². The van der Waals surface area contributed by atoms with E-state index in [2.05, 4.69) is 48.9 Å². The third-order valence-electron chi connectivity index (χ3n) is 4.40. The molecular formula is C16H23N3. The summed E-state index contributed by atoms with van der Waals surface area (Å²) in [6.07, 6.45) is 2.68. The highest BCUT2D eigenvalue weighted by molar-refractivity contribution is 5.81. The number of hydrogen-bond acceptors (Lipinski definition) is 3. The zero-order valence-corrected chi connectivity index (χ0v) is 12.1. The highest BCUT2D eigenvalue weighted by Crippen LogP contribution is 2.38. The summed E-state index contributed by atoms with van der Waals surface area (Å²) in [4.78, 5) is 6.83. The molecule has 0 radical (unpaired) electrons. The van der Waals surface area contributed by atoms with Crippen molar-refractivity contribution in [3.8, 4) is 0 Å². The summed E-state index contributed by atoms with van der Waals surface area (Å²) in [5.41, 5.74) is 10.0. The van der Waals surface area contributed by atoms with Crippen molar-refractivity contribution in [2.24, 2.45) is 16.6 Å². The number of rotatable bonds is 3. The van der Waals surface area contributed by atoms with Crippen LogP contribution in [-0.2, 0) is 5.54 Å². The molecule has 1 aromatic carbocycles. The van der Waals surface area contributed by atoms with Crippen molar-refractivity contribution in [1.29, 1.82) is 0 Å². The van der Waals surface area contributed by atoms with Crippen molar-refractivity contribution >= 4 is 5.96 Å². The van der Waals surface area contributed by atoms with Crippen molar-refractivity contribution in [2.45, 2.75) is 39.2 Å². The summed E-state index contributed by atoms with van der Waals surface area (Å²) in [6.45, 7) is 8.41. The van der Waals surface area contributed by atoms with Gasteiger partial charge >= 0.3 is 0 Å². The molecule has 1 saturated carbocycles. The summed E-state index contributed by atoms with van der Waals surface area (Å²) in [7, 11) is 0. The van der Waals surface area contributed by atoms with Crippen molar-refractivity contribution in [2.75, 3.05) is 13.1 Å². The summed E-state index contributed by atoms with van der Waals surface area (Å²) >= 11 is 0. The van der Waals surface area contributed by atoms with E-state index in [9.17, 15) is 0 Å². The Kier molecular flexibility index (Phi) is 2.80. The van der Waals surface area contributed by atoms with Gasteiger partial charge in [-0.2, -0.15) is 0 Å². The zero-order chi connectivity index (χ0) is 13.6. The molecule has 1 heterocycles. The molecule has 1 unspecified atom stereocenters. The fourth-order valence-corrected chi connectivity index (χ4v) is 3.04. The molecule has 2 N–H and O–H groups in total. The van der Waals surface area contributed by atoms with Crippen LogP contribution in [0.5, 0.6) is 0 Å². The third kappa shape index (κ3) is 2.22. The molecule has 0 spiro atoms. The molecule has 1 aromatic rings. The van der Waals surface area contributed by atoms with E-state index in [-0.39, 0.29) is 5.54 Å². The number of nitrogens with zero attached hydrogens (tertiary/aromatic N) is 2. The topological polar surface area (TPSA) is 41.6 Å². The fraction of sp³-hybridized carbons (Fsp3) is 0.562. The van der Waals surface area contributed by atoms with Crippen LogP contribution in [0.25, 0.3) is 0 Å². The molecule has 1 aliphatic carbocycles. The van der Waals surface area contributed by atoms with Crippen LogP contribution < -0.4 is 5.73 Å². The Morgan fingerprint density at radius 2 is 1.89 bits per heavy atom. The third-order valence-corrected chi connectivity index (χ3v) is 4.40. The van der Waals surface area contributed by atoms with Crippen LogP contribution in [0, 0.1) is 19.8 Å². The minimum Gasteiger partial charge on any atom is -0.370 e. The van der Waals surface area contributed by atoms with Gasteiger partial charge in [0.25, 0.3) is 0 Å². The second-order valence-corrected chi connectivity index (χ2v) is 6.38. The number of aliphatic imine (C=N–C) groups is 1. The maximum atomic E-state index is 6.12. The Morgan fingerprint density at radius 1 is 1.26 bits per heavy atom. The van der Waals surface area contributed by atoms with Gasteiger partial charge in [0.15, 0.2) is 5.96 Å². The molecule has 0 saturated heterocycles. The van der Waals surface area contributed by atoms with Gasteiger partial charge in [0.2, 0.25) is 0 Å². The lowest BCUT2D eigenvalue weighted by Crippen LogP contribution is -2.48. The molecule has 1 atom stereocenters. The molecule has 3 rings (SSSR count). The standard InChI is InChI=1S/C16H23N3/c1-11-6-12(2)8-14(7-11)16(3)10-18-15(17)19(16)9-13-4-5-13/h6-8,13H,4-5,9-10H2,1-3H3,(H2,17,18). The SMILES string of the molecule is Cc1cc(C)cc(C2(C)CN=C(N)N2CC2CC2)c1. The lowest BCUT2D eigenvalue weighted by molar-refractivity contribution is 0.217. The zero-order valence-electron chi connectivity index (χ0n) is 12.1. The van der Waals surface area contributed by atoms with E-state index in [0.29, 0.717) is 5.96 Å². The normalized spacial score (nSPS) is 26.7. The Balaban J connectivity index is 1.95. The van der Waals surface area contributed by atoms with Crippen LogP contribution in [-0.4, -0.2) is 23.9 Å². The number of nitrogens with two attached hydrogens (primary N) is 1. The maximum Gasteiger partial charge on any atom is 0.192 e. The Hall–Kier alpha value is -1.51. The maximum absolute atomic E-state index is 6.12. The van der Waals surface area contributed by atoms with Crippen LogP contribution in [0.2, 0.25) is 0 Å². The Labute approximate surface area is 115 Å². The van der Waals surface area contributed by atoms with Crippen LogP contribution in [0.4, 0.5) is 0 Å². The lowest BCUT2D eigenvalue weighted by Gasteiger charge is -2.37. The van der Waals surface area contributed by atoms with E-state index in [4.69, 9.17) is 5.73 Å². The largest absolute Gasteiger partial charge is 0.370 e. The fourth-order valence-electron chi connectivity index (χ4n) is 3.04. The van der Waals surface area contributed by atoms with Gasteiger partial charge in [0, 0.05) is 6.54 Å². The van der Waals surface area contributed by atoms with Crippen LogP contribution in [0.3, 0.4) is 0 Å². The highest BCUT2D eigenvalue weighted by Gasteiger charge is 2.42. The molecule has 3 nitrogen and oxygen atoms in total. The van der Waals surface area contributed by atoms with Gasteiger partial charge in [-0.15, -0.1) is 0 Å². The number of hydrogen-bond donors (Lipinski definition) is 1. The number of guanidine groups is 1. The van der Waals surface area contributed by atoms with Crippen LogP contribution in [0.1, 0.15) is 36.5 Å². The average molecular weight is 257 g/mol. The Morgan fingerprint density at radius 3 is 2.47 bits per heavy atom. The smallest absolute Gasteiger partial charge is 0.192 e. The molecule has 102 valence electrons. The van der Waals surface area contributed by atoms with Crippen molar-refractivity contribution in [1.82, 2.24) is 4.90 Å². The van der Waals surface area contributed by atoms with Crippen LogP contribution in [0.15, 0.2) is 23.2 Å². The van der Waals surface area contributed by atoms with Gasteiger partial charge in [-0.1, -0.05) is 29.3 Å². The summed E-state index contributed by atoms with van der Waals surface area (Å²) in [5, 5.41) is 0. The summed E-state index contributed by atoms with van der Waals surface area (Å²) < 4.78 is 0. The second-order valence-electron chi connectivity index (χ2n) is 6.38. The van der Waals surface area contributed by atoms with Gasteiger partial charge in [-0.25, -0.2) is 0 Å². The molecule has 2 aliphatic rings. The van der Waals surface area contributed by atoms with Gasteiger partial charge in [0.1, 0.15) is 0 Å². The van der Waals surface area contributed by atoms with E-state index in [1.165, 1.54) is 29.5 Å². The van der Waals surface area contributed by atoms with Crippen LogP contribution >= 0.6 is 0 Å². The summed E-state index contributed by atoms with van der Waals surface area (Å²) in [5.74, 6) is 1.53. The first kappa shape index (κ1) is 12.5. The van der Waals surface area contributed by atoms with Crippen molar-refractivity contribution in [3.63, 3.8) is 0 Å². The molecule has 19 heavy (non-hydrogen) atoms. The van der Waals surface area contributed by atoms with Gasteiger partial charge in [-0.3, -0.25) is 4.99 Å². The lowest BCUT2D eigenvalue weighted by atomic mass is 9.88. The van der Waals surface area contributed by atoms with Gasteiger partial charge in [-0.05, 0) is 45.1 Å². The number of benzene rings is 1. The monoisotopic (exact) mass is 257 g/mol. The van der Waals surface area contributed by atoms with Crippen molar-refractivity contribution < 1.29 is 0 Å². The molecular weight excluding hydrogens is 234 g/mol. The van der Waals surface area contributed by atoms with E-state index in [1.807, 2.05) is 0 Å². The predicted octanol–water partition coefficient (Wildman–Crippen LogP) is 2.56. The average Bonchev–Trinajstić information content (AvgIpc) is 3.10. The molecule has 1 fully saturated rings. The Bertz CT molecular complexity index is 511. The van der Waals surface area contributed by atoms with Gasteiger partial charge < -0.3 is 10.6 Å². The molecule has 1 aliphatic heterocycles. The van der Waals surface area contributed by atoms with Gasteiger partial charge in [0.05, 0.1) is 12.1 Å². The second kappa shape index (κ2) is 4.26. The van der Waals surface area contributed by atoms with E-state index >= 15 is 0 Å². The number of aryl methyl sites for hydroxylation is 2. The van der Waals surface area contributed by atoms with E-state index < -0.39 is 0 Å². The minimum absolute atomic E-state index is 0.0660. The van der Waals surface area contributed by atoms with E-state index in [1.54, 1.807) is 0 Å². The molecule has 0 amide bonds.